The fourth-order valence-corrected chi connectivity index (χ4v) is 6.36. The van der Waals surface area contributed by atoms with Gasteiger partial charge in [0.25, 0.3) is 0 Å². The molecule has 0 aromatic heterocycles. The molecule has 0 nitrogen and oxygen atoms in total. The van der Waals surface area contributed by atoms with E-state index in [0.29, 0.717) is 16.2 Å². The van der Waals surface area contributed by atoms with Crippen molar-refractivity contribution in [1.82, 2.24) is 0 Å². The summed E-state index contributed by atoms with van der Waals surface area (Å²) in [6.45, 7) is 20.2. The van der Waals surface area contributed by atoms with Crippen LogP contribution in [0.4, 0.5) is 0 Å². The normalized spacial score (nSPS) is 37.2. The maximum absolute atomic E-state index is 2.62. The molecule has 2 aliphatic carbocycles. The number of hydrogen-bond donors (Lipinski definition) is 0. The minimum atomic E-state index is 0.532. The fourth-order valence-electron chi connectivity index (χ4n) is 6.36. The number of hydrogen-bond acceptors (Lipinski definition) is 0. The van der Waals surface area contributed by atoms with Gasteiger partial charge in [-0.3, -0.25) is 0 Å². The monoisotopic (exact) mass is 334 g/mol. The number of fused-ring (bicyclic) bond motifs is 1. The molecule has 142 valence electrons. The molecule has 0 radical (unpaired) electrons. The third-order valence-corrected chi connectivity index (χ3v) is 9.08. The summed E-state index contributed by atoms with van der Waals surface area (Å²) in [5.74, 6) is 3.78. The van der Waals surface area contributed by atoms with Crippen molar-refractivity contribution in [3.8, 4) is 0 Å². The Morgan fingerprint density at radius 3 is 2.42 bits per heavy atom. The topological polar surface area (TPSA) is 0 Å². The second kappa shape index (κ2) is 7.32. The lowest BCUT2D eigenvalue weighted by atomic mass is 9.48. The first-order valence-electron chi connectivity index (χ1n) is 11.0. The molecule has 0 aliphatic heterocycles. The summed E-state index contributed by atoms with van der Waals surface area (Å²) in [5, 5.41) is 0. The van der Waals surface area contributed by atoms with E-state index in [1.165, 1.54) is 57.8 Å². The average Bonchev–Trinajstić information content (AvgIpc) is 2.92. The Morgan fingerprint density at radius 1 is 1.12 bits per heavy atom. The number of rotatable bonds is 7. The van der Waals surface area contributed by atoms with Crippen LogP contribution in [-0.2, 0) is 0 Å². The van der Waals surface area contributed by atoms with Crippen LogP contribution in [0, 0.1) is 39.9 Å². The predicted octanol–water partition coefficient (Wildman–Crippen LogP) is 8.11. The summed E-state index contributed by atoms with van der Waals surface area (Å²) in [5.41, 5.74) is 1.69. The van der Waals surface area contributed by atoms with Crippen LogP contribution in [0.15, 0.2) is 0 Å². The van der Waals surface area contributed by atoms with E-state index in [1.807, 2.05) is 0 Å². The fraction of sp³-hybridized carbons (Fsp3) is 1.00. The molecule has 2 fully saturated rings. The Labute approximate surface area is 153 Å². The van der Waals surface area contributed by atoms with Crippen molar-refractivity contribution >= 4 is 0 Å². The van der Waals surface area contributed by atoms with Gasteiger partial charge in [0.2, 0.25) is 0 Å². The lowest BCUT2D eigenvalue weighted by Gasteiger charge is -2.57. The van der Waals surface area contributed by atoms with Crippen molar-refractivity contribution in [2.45, 2.75) is 113 Å². The van der Waals surface area contributed by atoms with Crippen molar-refractivity contribution in [3.63, 3.8) is 0 Å². The smallest absolute Gasteiger partial charge is 0.0244 e. The largest absolute Gasteiger partial charge is 0.0649 e. The first-order chi connectivity index (χ1) is 11.0. The van der Waals surface area contributed by atoms with E-state index < -0.39 is 0 Å². The van der Waals surface area contributed by atoms with E-state index in [9.17, 15) is 0 Å². The van der Waals surface area contributed by atoms with Crippen molar-refractivity contribution in [2.75, 3.05) is 0 Å². The Balaban J connectivity index is 1.91. The molecule has 0 amide bonds. The first kappa shape index (κ1) is 20.3. The van der Waals surface area contributed by atoms with Gasteiger partial charge in [0.1, 0.15) is 0 Å². The molecule has 0 heterocycles. The first-order valence-corrected chi connectivity index (χ1v) is 11.0. The molecule has 0 bridgehead atoms. The van der Waals surface area contributed by atoms with Crippen molar-refractivity contribution in [2.24, 2.45) is 39.9 Å². The lowest BCUT2D eigenvalue weighted by Crippen LogP contribution is -2.50. The molecule has 2 aliphatic rings. The zero-order chi connectivity index (χ0) is 18.2. The molecule has 0 N–H and O–H groups in total. The molecule has 0 aromatic carbocycles. The van der Waals surface area contributed by atoms with Gasteiger partial charge < -0.3 is 0 Å². The minimum absolute atomic E-state index is 0.532. The van der Waals surface area contributed by atoms with E-state index in [-0.39, 0.29) is 0 Å². The van der Waals surface area contributed by atoms with Crippen LogP contribution in [0.5, 0.6) is 0 Å². The highest BCUT2D eigenvalue weighted by atomic mass is 14.6. The van der Waals surface area contributed by atoms with E-state index >= 15 is 0 Å². The summed E-state index contributed by atoms with van der Waals surface area (Å²) in [7, 11) is 0. The second-order valence-electron chi connectivity index (χ2n) is 11.3. The molecule has 5 atom stereocenters. The molecule has 24 heavy (non-hydrogen) atoms. The SMILES string of the molecule is CCC(C)(C)CCCCC(C)C1CC(C)(C)C2(C)CCCC2C1C. The molecule has 5 unspecified atom stereocenters. The van der Waals surface area contributed by atoms with Crippen molar-refractivity contribution < 1.29 is 0 Å². The molecule has 2 saturated carbocycles. The van der Waals surface area contributed by atoms with Crippen molar-refractivity contribution in [1.29, 1.82) is 0 Å². The summed E-state index contributed by atoms with van der Waals surface area (Å²) in [6.07, 6.45) is 12.9. The van der Waals surface area contributed by atoms with Crippen LogP contribution in [0.2, 0.25) is 0 Å². The zero-order valence-electron chi connectivity index (χ0n) is 18.2. The quantitative estimate of drug-likeness (QED) is 0.412. The van der Waals surface area contributed by atoms with Crippen LogP contribution in [-0.4, -0.2) is 0 Å². The van der Waals surface area contributed by atoms with Gasteiger partial charge in [0.05, 0.1) is 0 Å². The molecular weight excluding hydrogens is 288 g/mol. The second-order valence-corrected chi connectivity index (χ2v) is 11.3. The van der Waals surface area contributed by atoms with Gasteiger partial charge >= 0.3 is 0 Å². The summed E-state index contributed by atoms with van der Waals surface area (Å²) < 4.78 is 0. The molecule has 0 spiro atoms. The lowest BCUT2D eigenvalue weighted by molar-refractivity contribution is -0.0811. The third kappa shape index (κ3) is 3.88. The van der Waals surface area contributed by atoms with Crippen LogP contribution in [0.25, 0.3) is 0 Å². The summed E-state index contributed by atoms with van der Waals surface area (Å²) in [6, 6.07) is 0. The standard InChI is InChI=1S/C24H46/c1-9-22(4,5)15-11-10-13-18(2)20-17-23(6,7)24(8)16-12-14-21(24)19(20)3/h18-21H,9-17H2,1-8H3. The minimum Gasteiger partial charge on any atom is -0.0649 e. The Morgan fingerprint density at radius 2 is 1.79 bits per heavy atom. The van der Waals surface area contributed by atoms with E-state index in [0.717, 1.165) is 23.7 Å². The summed E-state index contributed by atoms with van der Waals surface area (Å²) >= 11 is 0. The highest BCUT2D eigenvalue weighted by Gasteiger charge is 2.56. The maximum Gasteiger partial charge on any atom is -0.0244 e. The van der Waals surface area contributed by atoms with Crippen molar-refractivity contribution in [3.05, 3.63) is 0 Å². The summed E-state index contributed by atoms with van der Waals surface area (Å²) in [4.78, 5) is 0. The predicted molar refractivity (Wildman–Crippen MR) is 108 cm³/mol. The van der Waals surface area contributed by atoms with E-state index in [1.54, 1.807) is 0 Å². The Kier molecular flexibility index (Phi) is 6.19. The highest BCUT2D eigenvalue weighted by molar-refractivity contribution is 5.06. The highest BCUT2D eigenvalue weighted by Crippen LogP contribution is 2.65. The van der Waals surface area contributed by atoms with Gasteiger partial charge in [-0.05, 0) is 65.6 Å². The van der Waals surface area contributed by atoms with E-state index in [4.69, 9.17) is 0 Å². The van der Waals surface area contributed by atoms with Crippen LogP contribution >= 0.6 is 0 Å². The van der Waals surface area contributed by atoms with Gasteiger partial charge in [-0.1, -0.05) is 87.5 Å². The molecule has 0 heteroatoms. The molecule has 2 rings (SSSR count). The van der Waals surface area contributed by atoms with Gasteiger partial charge in [-0.2, -0.15) is 0 Å². The zero-order valence-corrected chi connectivity index (χ0v) is 18.2. The van der Waals surface area contributed by atoms with Crippen LogP contribution in [0.1, 0.15) is 113 Å². The molecular formula is C24H46. The molecule has 0 aromatic rings. The van der Waals surface area contributed by atoms with Crippen LogP contribution < -0.4 is 0 Å². The third-order valence-electron chi connectivity index (χ3n) is 9.08. The van der Waals surface area contributed by atoms with Gasteiger partial charge in [0, 0.05) is 0 Å². The van der Waals surface area contributed by atoms with Crippen LogP contribution in [0.3, 0.4) is 0 Å². The number of unbranched alkanes of at least 4 members (excludes halogenated alkanes) is 1. The average molecular weight is 335 g/mol. The Hall–Kier alpha value is 0. The van der Waals surface area contributed by atoms with E-state index in [2.05, 4.69) is 55.4 Å². The molecule has 0 saturated heterocycles. The van der Waals surface area contributed by atoms with Gasteiger partial charge in [-0.25, -0.2) is 0 Å². The maximum atomic E-state index is 2.62. The van der Waals surface area contributed by atoms with Gasteiger partial charge in [0.15, 0.2) is 0 Å². The Bertz CT molecular complexity index is 404. The van der Waals surface area contributed by atoms with Gasteiger partial charge in [-0.15, -0.1) is 0 Å².